The second-order valence-electron chi connectivity index (χ2n) is 12.6. The number of thioether (sulfide) groups is 1. The third-order valence-corrected chi connectivity index (χ3v) is 10.00. The van der Waals surface area contributed by atoms with Crippen LogP contribution in [0.2, 0.25) is 0 Å². The average Bonchev–Trinajstić information content (AvgIpc) is 3.33. The number of hydrogen-bond donors (Lipinski definition) is 4. The Morgan fingerprint density at radius 1 is 0.787 bits per heavy atom. The van der Waals surface area contributed by atoms with Crippen LogP contribution in [0.5, 0.6) is 0 Å². The number of amides is 3. The Hall–Kier alpha value is -1.90. The van der Waals surface area contributed by atoms with Crippen LogP contribution < -0.4 is 21.7 Å². The maximum atomic E-state index is 12.9. The van der Waals surface area contributed by atoms with Crippen LogP contribution in [0.25, 0.3) is 0 Å². The zero-order valence-corrected chi connectivity index (χ0v) is 29.5. The predicted octanol–water partition coefficient (Wildman–Crippen LogP) is 2.22. The fourth-order valence-electron chi connectivity index (χ4n) is 5.93. The summed E-state index contributed by atoms with van der Waals surface area (Å²) in [6.07, 6.45) is 10.2. The van der Waals surface area contributed by atoms with E-state index in [1.807, 2.05) is 0 Å². The molecule has 1 atom stereocenters. The van der Waals surface area contributed by atoms with Crippen LogP contribution in [0, 0.1) is 11.8 Å². The number of ether oxygens (including phenoxy) is 2. The molecule has 2 rings (SSSR count). The highest BCUT2D eigenvalue weighted by Crippen LogP contribution is 2.32. The highest BCUT2D eigenvalue weighted by atomic mass is 32.2. The Bertz CT molecular complexity index is 933. The number of imide groups is 1. The lowest BCUT2D eigenvalue weighted by Crippen LogP contribution is -2.38. The van der Waals surface area contributed by atoms with E-state index in [9.17, 15) is 24.0 Å². The van der Waals surface area contributed by atoms with E-state index in [1.165, 1.54) is 23.1 Å². The lowest BCUT2D eigenvalue weighted by molar-refractivity contribution is -0.139. The van der Waals surface area contributed by atoms with E-state index >= 15 is 0 Å². The van der Waals surface area contributed by atoms with Crippen molar-refractivity contribution in [2.24, 2.45) is 17.6 Å². The Kier molecular flexibility index (Phi) is 22.9. The molecule has 12 nitrogen and oxygen atoms in total. The van der Waals surface area contributed by atoms with Crippen LogP contribution >= 0.6 is 11.8 Å². The van der Waals surface area contributed by atoms with Gasteiger partial charge in [0.1, 0.15) is 11.6 Å². The van der Waals surface area contributed by atoms with E-state index < -0.39 is 5.25 Å². The first-order chi connectivity index (χ1) is 22.8. The number of ketones is 2. The topological polar surface area (TPSA) is 169 Å². The van der Waals surface area contributed by atoms with Gasteiger partial charge in [-0.15, -0.1) is 11.8 Å². The maximum absolute atomic E-state index is 12.9. The molecule has 3 amide bonds. The van der Waals surface area contributed by atoms with Gasteiger partial charge in [-0.3, -0.25) is 28.9 Å². The first-order valence-corrected chi connectivity index (χ1v) is 18.9. The molecule has 1 saturated heterocycles. The minimum absolute atomic E-state index is 0.0276. The van der Waals surface area contributed by atoms with Gasteiger partial charge in [0.05, 0.1) is 25.1 Å². The van der Waals surface area contributed by atoms with Crippen molar-refractivity contribution in [3.05, 3.63) is 0 Å². The molecule has 47 heavy (non-hydrogen) atoms. The zero-order chi connectivity index (χ0) is 34.1. The first kappa shape index (κ1) is 41.3. The molecule has 1 saturated carbocycles. The number of likely N-dealkylation sites (tertiary alicyclic amines) is 1. The van der Waals surface area contributed by atoms with Crippen LogP contribution in [-0.4, -0.2) is 118 Å². The number of nitrogens with one attached hydrogen (secondary N) is 3. The number of rotatable bonds is 29. The molecular weight excluding hydrogens is 622 g/mol. The Balaban J connectivity index is 1.37. The number of carbonyl (C=O) groups is 5. The molecule has 0 aromatic heterocycles. The highest BCUT2D eigenvalue weighted by Gasteiger charge is 2.40. The number of carbonyl (C=O) groups excluding carboxylic acids is 5. The minimum atomic E-state index is -0.409. The monoisotopic (exact) mass is 683 g/mol. The average molecular weight is 684 g/mol. The molecule has 0 aromatic carbocycles. The molecular formula is C34H61N5O7S. The molecule has 1 unspecified atom stereocenters. The van der Waals surface area contributed by atoms with E-state index in [-0.39, 0.29) is 47.5 Å². The smallest absolute Gasteiger partial charge is 0.242 e. The van der Waals surface area contributed by atoms with Crippen molar-refractivity contribution in [1.29, 1.82) is 0 Å². The quantitative estimate of drug-likeness (QED) is 0.0674. The number of unbranched alkanes of at least 4 members (excludes halogenated alkanes) is 2. The zero-order valence-electron chi connectivity index (χ0n) is 28.7. The summed E-state index contributed by atoms with van der Waals surface area (Å²) in [7, 11) is 1.65. The van der Waals surface area contributed by atoms with Gasteiger partial charge in [-0.2, -0.15) is 0 Å². The number of nitrogens with zero attached hydrogens (tertiary/aromatic N) is 1. The summed E-state index contributed by atoms with van der Waals surface area (Å²) in [6, 6.07) is 0. The number of Topliss-reactive ketones (excluding diaryl/α,β-unsaturated/α-hetero) is 2. The van der Waals surface area contributed by atoms with Crippen molar-refractivity contribution >= 4 is 41.0 Å². The summed E-state index contributed by atoms with van der Waals surface area (Å²) in [5, 5.41) is 8.98. The van der Waals surface area contributed by atoms with Crippen molar-refractivity contribution in [2.75, 3.05) is 78.5 Å². The fourth-order valence-corrected chi connectivity index (χ4v) is 7.09. The second-order valence-corrected chi connectivity index (χ2v) is 13.9. The molecule has 2 aliphatic rings. The molecule has 0 radical (unpaired) electrons. The van der Waals surface area contributed by atoms with Gasteiger partial charge in [-0.05, 0) is 76.9 Å². The second kappa shape index (κ2) is 26.0. The van der Waals surface area contributed by atoms with Crippen LogP contribution in [0.3, 0.4) is 0 Å². The van der Waals surface area contributed by atoms with E-state index in [1.54, 1.807) is 7.05 Å². The minimum Gasteiger partial charge on any atom is -0.379 e. The fraction of sp³-hybridized carbons (Fsp3) is 0.853. The van der Waals surface area contributed by atoms with E-state index in [0.29, 0.717) is 77.4 Å². The van der Waals surface area contributed by atoms with Gasteiger partial charge < -0.3 is 31.2 Å². The summed E-state index contributed by atoms with van der Waals surface area (Å²) in [5.41, 5.74) is 5.44. The molecule has 1 aliphatic heterocycles. The maximum Gasteiger partial charge on any atom is 0.242 e. The molecule has 0 bridgehead atoms. The molecule has 0 aromatic rings. The SMILES string of the molecule is CNC(=O)C1CCC(CN2C(=O)CC(SCCC(=O)CCCOCCOCCC(=O)CCCNCCCCCNCCN)C2=O)CC1. The van der Waals surface area contributed by atoms with Gasteiger partial charge in [-0.1, -0.05) is 6.42 Å². The van der Waals surface area contributed by atoms with Crippen molar-refractivity contribution in [3.63, 3.8) is 0 Å². The van der Waals surface area contributed by atoms with Crippen LogP contribution in [0.4, 0.5) is 0 Å². The molecule has 1 aliphatic carbocycles. The van der Waals surface area contributed by atoms with Crippen molar-refractivity contribution in [1.82, 2.24) is 20.9 Å². The van der Waals surface area contributed by atoms with Gasteiger partial charge in [0.2, 0.25) is 17.7 Å². The van der Waals surface area contributed by atoms with Gasteiger partial charge in [0.15, 0.2) is 0 Å². The van der Waals surface area contributed by atoms with E-state index in [2.05, 4.69) is 16.0 Å². The van der Waals surface area contributed by atoms with Crippen LogP contribution in [0.15, 0.2) is 0 Å². The molecule has 2 fully saturated rings. The van der Waals surface area contributed by atoms with Crippen LogP contribution in [-0.2, 0) is 33.4 Å². The lowest BCUT2D eigenvalue weighted by atomic mass is 9.81. The summed E-state index contributed by atoms with van der Waals surface area (Å²) in [4.78, 5) is 62.9. The Morgan fingerprint density at radius 3 is 2.13 bits per heavy atom. The van der Waals surface area contributed by atoms with E-state index in [4.69, 9.17) is 15.2 Å². The summed E-state index contributed by atoms with van der Waals surface area (Å²) < 4.78 is 11.1. The number of nitrogens with two attached hydrogens (primary N) is 1. The first-order valence-electron chi connectivity index (χ1n) is 17.8. The van der Waals surface area contributed by atoms with Crippen molar-refractivity contribution in [2.45, 2.75) is 95.1 Å². The standard InChI is InChI=1S/C34H61N5O7S/c1-36-33(43)28-11-9-27(10-12-28)26-39-32(42)25-31(34(39)44)47-24-14-30(41)8-6-20-45-22-23-46-21-13-29(40)7-5-18-37-16-3-2-4-17-38-19-15-35/h27-28,31,37-38H,2-26,35H2,1H3,(H,36,43). The Labute approximate surface area is 286 Å². The molecule has 0 spiro atoms. The highest BCUT2D eigenvalue weighted by molar-refractivity contribution is 8.00. The lowest BCUT2D eigenvalue weighted by Gasteiger charge is -2.29. The predicted molar refractivity (Wildman–Crippen MR) is 185 cm³/mol. The summed E-state index contributed by atoms with van der Waals surface area (Å²) in [6.45, 7) is 6.57. The molecule has 1 heterocycles. The van der Waals surface area contributed by atoms with Gasteiger partial charge in [0, 0.05) is 77.1 Å². The van der Waals surface area contributed by atoms with Crippen LogP contribution in [0.1, 0.15) is 89.9 Å². The molecule has 5 N–H and O–H groups in total. The van der Waals surface area contributed by atoms with Gasteiger partial charge >= 0.3 is 0 Å². The van der Waals surface area contributed by atoms with Gasteiger partial charge in [-0.25, -0.2) is 0 Å². The largest absolute Gasteiger partial charge is 0.379 e. The molecule has 13 heteroatoms. The van der Waals surface area contributed by atoms with E-state index in [0.717, 1.165) is 71.1 Å². The summed E-state index contributed by atoms with van der Waals surface area (Å²) >= 11 is 1.40. The van der Waals surface area contributed by atoms with Crippen molar-refractivity contribution in [3.8, 4) is 0 Å². The third-order valence-electron chi connectivity index (χ3n) is 8.79. The molecule has 270 valence electrons. The number of hydrogen-bond acceptors (Lipinski definition) is 11. The van der Waals surface area contributed by atoms with Crippen molar-refractivity contribution < 1.29 is 33.4 Å². The normalized spacial score (nSPS) is 19.8. The summed E-state index contributed by atoms with van der Waals surface area (Å²) in [5.74, 6) is 0.933. The van der Waals surface area contributed by atoms with Gasteiger partial charge in [0.25, 0.3) is 0 Å². The third kappa shape index (κ3) is 18.4. The Morgan fingerprint density at radius 2 is 1.43 bits per heavy atom.